The van der Waals surface area contributed by atoms with Crippen LogP contribution in [-0.2, 0) is 0 Å². The molecule has 2 amide bonds. The Morgan fingerprint density at radius 1 is 1.07 bits per heavy atom. The number of fused-ring (bicyclic) bond motifs is 1. The normalized spacial score (nSPS) is 16.1. The summed E-state index contributed by atoms with van der Waals surface area (Å²) in [6.45, 7) is 6.31. The molecule has 0 bridgehead atoms. The second kappa shape index (κ2) is 7.85. The number of piperazine rings is 1. The lowest BCUT2D eigenvalue weighted by molar-refractivity contribution is 0.0637. The maximum absolute atomic E-state index is 12.7. The fourth-order valence-corrected chi connectivity index (χ4v) is 3.30. The number of hydrogen-bond acceptors (Lipinski definition) is 6. The maximum atomic E-state index is 12.7. The summed E-state index contributed by atoms with van der Waals surface area (Å²) in [6, 6.07) is 8.33. The molecule has 0 spiro atoms. The lowest BCUT2D eigenvalue weighted by atomic mass is 10.2. The van der Waals surface area contributed by atoms with E-state index in [1.165, 1.54) is 12.3 Å². The van der Waals surface area contributed by atoms with Crippen LogP contribution in [-0.4, -0.2) is 66.1 Å². The summed E-state index contributed by atoms with van der Waals surface area (Å²) in [5.74, 6) is 0.784. The molecule has 2 aliphatic heterocycles. The van der Waals surface area contributed by atoms with Gasteiger partial charge in [0.2, 0.25) is 6.79 Å². The highest BCUT2D eigenvalue weighted by Crippen LogP contribution is 2.34. The highest BCUT2D eigenvalue weighted by Gasteiger charge is 2.23. The quantitative estimate of drug-likeness (QED) is 0.869. The molecule has 0 aliphatic carbocycles. The van der Waals surface area contributed by atoms with Gasteiger partial charge in [0.1, 0.15) is 5.69 Å². The third-order valence-corrected chi connectivity index (χ3v) is 4.98. The van der Waals surface area contributed by atoms with Gasteiger partial charge in [-0.3, -0.25) is 14.6 Å². The molecule has 2 aromatic rings. The fraction of sp³-hybridized carbons (Fsp3) is 0.350. The number of carbonyl (C=O) groups is 2. The predicted octanol–water partition coefficient (Wildman–Crippen LogP) is 1.84. The van der Waals surface area contributed by atoms with Crippen molar-refractivity contribution in [3.8, 4) is 11.5 Å². The number of anilines is 1. The number of amides is 2. The first-order valence-electron chi connectivity index (χ1n) is 9.32. The Kier molecular flexibility index (Phi) is 5.12. The number of nitrogens with one attached hydrogen (secondary N) is 1. The zero-order valence-corrected chi connectivity index (χ0v) is 15.7. The lowest BCUT2D eigenvalue weighted by Crippen LogP contribution is -2.48. The smallest absolute Gasteiger partial charge is 0.272 e. The van der Waals surface area contributed by atoms with E-state index in [4.69, 9.17) is 9.47 Å². The standard InChI is InChI=1S/C20H22N4O4/c1-2-23-7-9-24(10-8-23)20(26)16-11-14(5-6-21-16)19(25)22-15-3-4-17-18(12-15)28-13-27-17/h3-6,11-12H,2,7-10,13H2,1H3,(H,22,25). The topological polar surface area (TPSA) is 84.0 Å². The Labute approximate surface area is 163 Å². The van der Waals surface area contributed by atoms with Crippen molar-refractivity contribution in [1.29, 1.82) is 0 Å². The summed E-state index contributed by atoms with van der Waals surface area (Å²) in [5, 5.41) is 2.81. The van der Waals surface area contributed by atoms with Gasteiger partial charge in [-0.05, 0) is 30.8 Å². The highest BCUT2D eigenvalue weighted by atomic mass is 16.7. The molecule has 1 fully saturated rings. The maximum Gasteiger partial charge on any atom is 0.272 e. The number of ether oxygens (including phenoxy) is 2. The third kappa shape index (κ3) is 3.77. The van der Waals surface area contributed by atoms with E-state index >= 15 is 0 Å². The van der Waals surface area contributed by atoms with Crippen LogP contribution in [0.5, 0.6) is 11.5 Å². The van der Waals surface area contributed by atoms with E-state index in [0.29, 0.717) is 35.8 Å². The van der Waals surface area contributed by atoms with Gasteiger partial charge in [0.05, 0.1) is 0 Å². The Morgan fingerprint density at radius 3 is 2.64 bits per heavy atom. The van der Waals surface area contributed by atoms with Crippen molar-refractivity contribution >= 4 is 17.5 Å². The summed E-state index contributed by atoms with van der Waals surface area (Å²) in [6.07, 6.45) is 1.49. The summed E-state index contributed by atoms with van der Waals surface area (Å²) >= 11 is 0. The van der Waals surface area contributed by atoms with Crippen LogP contribution in [0.2, 0.25) is 0 Å². The number of nitrogens with zero attached hydrogens (tertiary/aromatic N) is 3. The van der Waals surface area contributed by atoms with Gasteiger partial charge in [0.15, 0.2) is 11.5 Å². The Balaban J connectivity index is 1.44. The lowest BCUT2D eigenvalue weighted by Gasteiger charge is -2.33. The molecule has 1 aromatic carbocycles. The van der Waals surface area contributed by atoms with E-state index in [0.717, 1.165) is 19.6 Å². The van der Waals surface area contributed by atoms with Gasteiger partial charge in [-0.1, -0.05) is 6.92 Å². The van der Waals surface area contributed by atoms with Gasteiger partial charge in [0, 0.05) is 49.7 Å². The average Bonchev–Trinajstić information content (AvgIpc) is 3.21. The Morgan fingerprint density at radius 2 is 1.86 bits per heavy atom. The minimum Gasteiger partial charge on any atom is -0.454 e. The average molecular weight is 382 g/mol. The van der Waals surface area contributed by atoms with Gasteiger partial charge in [0.25, 0.3) is 11.8 Å². The van der Waals surface area contributed by atoms with Gasteiger partial charge >= 0.3 is 0 Å². The van der Waals surface area contributed by atoms with E-state index < -0.39 is 0 Å². The van der Waals surface area contributed by atoms with Crippen molar-refractivity contribution in [3.05, 3.63) is 47.8 Å². The first-order chi connectivity index (χ1) is 13.6. The summed E-state index contributed by atoms with van der Waals surface area (Å²) in [4.78, 5) is 33.6. The molecule has 3 heterocycles. The number of benzene rings is 1. The van der Waals surface area contributed by atoms with Gasteiger partial charge < -0.3 is 24.6 Å². The Hall–Kier alpha value is -3.13. The molecular weight excluding hydrogens is 360 g/mol. The van der Waals surface area contributed by atoms with Gasteiger partial charge in [-0.25, -0.2) is 0 Å². The molecule has 8 nitrogen and oxygen atoms in total. The van der Waals surface area contributed by atoms with Crippen LogP contribution >= 0.6 is 0 Å². The zero-order valence-electron chi connectivity index (χ0n) is 15.7. The molecule has 0 radical (unpaired) electrons. The van der Waals surface area contributed by atoms with Crippen LogP contribution in [0.15, 0.2) is 36.5 Å². The molecule has 4 rings (SSSR count). The van der Waals surface area contributed by atoms with Crippen LogP contribution in [0.3, 0.4) is 0 Å². The number of rotatable bonds is 4. The molecule has 146 valence electrons. The Bertz CT molecular complexity index is 894. The van der Waals surface area contributed by atoms with Crippen molar-refractivity contribution in [2.45, 2.75) is 6.92 Å². The second-order valence-corrected chi connectivity index (χ2v) is 6.68. The SMILES string of the molecule is CCN1CCN(C(=O)c2cc(C(=O)Nc3ccc4c(c3)OCO4)ccn2)CC1. The van der Waals surface area contributed by atoms with Crippen molar-refractivity contribution in [1.82, 2.24) is 14.8 Å². The third-order valence-electron chi connectivity index (χ3n) is 4.98. The van der Waals surface area contributed by atoms with Gasteiger partial charge in [-0.15, -0.1) is 0 Å². The van der Waals surface area contributed by atoms with Crippen molar-refractivity contribution in [2.75, 3.05) is 44.8 Å². The van der Waals surface area contributed by atoms with E-state index in [1.54, 1.807) is 29.2 Å². The highest BCUT2D eigenvalue weighted by molar-refractivity contribution is 6.05. The van der Waals surface area contributed by atoms with Crippen molar-refractivity contribution in [3.63, 3.8) is 0 Å². The van der Waals surface area contributed by atoms with Crippen LogP contribution < -0.4 is 14.8 Å². The molecule has 1 aromatic heterocycles. The minimum absolute atomic E-state index is 0.145. The molecule has 1 N–H and O–H groups in total. The number of carbonyl (C=O) groups excluding carboxylic acids is 2. The second-order valence-electron chi connectivity index (χ2n) is 6.68. The fourth-order valence-electron chi connectivity index (χ4n) is 3.30. The van der Waals surface area contributed by atoms with E-state index in [2.05, 4.69) is 22.1 Å². The van der Waals surface area contributed by atoms with E-state index in [-0.39, 0.29) is 24.3 Å². The van der Waals surface area contributed by atoms with Crippen LogP contribution in [0.4, 0.5) is 5.69 Å². The molecule has 1 saturated heterocycles. The van der Waals surface area contributed by atoms with E-state index in [1.807, 2.05) is 0 Å². The number of pyridine rings is 1. The largest absolute Gasteiger partial charge is 0.454 e. The minimum atomic E-state index is -0.314. The first-order valence-corrected chi connectivity index (χ1v) is 9.32. The molecule has 0 unspecified atom stereocenters. The zero-order chi connectivity index (χ0) is 19.5. The summed E-state index contributed by atoms with van der Waals surface area (Å²) in [7, 11) is 0. The first kappa shape index (κ1) is 18.2. The summed E-state index contributed by atoms with van der Waals surface area (Å²) < 4.78 is 10.6. The number of likely N-dealkylation sites (N-methyl/N-ethyl adjacent to an activating group) is 1. The van der Waals surface area contributed by atoms with Crippen LogP contribution in [0.1, 0.15) is 27.8 Å². The summed E-state index contributed by atoms with van der Waals surface area (Å²) in [5.41, 5.74) is 1.25. The molecular formula is C20H22N4O4. The van der Waals surface area contributed by atoms with E-state index in [9.17, 15) is 9.59 Å². The number of hydrogen-bond donors (Lipinski definition) is 1. The van der Waals surface area contributed by atoms with Crippen LogP contribution in [0, 0.1) is 0 Å². The molecule has 0 atom stereocenters. The monoisotopic (exact) mass is 382 g/mol. The molecule has 28 heavy (non-hydrogen) atoms. The number of aromatic nitrogens is 1. The molecule has 8 heteroatoms. The molecule has 2 aliphatic rings. The van der Waals surface area contributed by atoms with Crippen molar-refractivity contribution in [2.24, 2.45) is 0 Å². The molecule has 0 saturated carbocycles. The van der Waals surface area contributed by atoms with Crippen molar-refractivity contribution < 1.29 is 19.1 Å². The predicted molar refractivity (Wildman–Crippen MR) is 103 cm³/mol. The van der Waals surface area contributed by atoms with Gasteiger partial charge in [-0.2, -0.15) is 0 Å². The van der Waals surface area contributed by atoms with Crippen LogP contribution in [0.25, 0.3) is 0 Å².